The third-order valence-electron chi connectivity index (χ3n) is 2.39. The molecule has 0 bridgehead atoms. The standard InChI is InChI=1S/C14H13ClO4/c1-2-17-14(16)9-19-13-6-5-10(8-11(13)15)12-4-3-7-18-12/h3-8H,2,9H2,1H3. The molecule has 0 fully saturated rings. The number of furan rings is 1. The van der Waals surface area contributed by atoms with Gasteiger partial charge in [0.1, 0.15) is 11.5 Å². The highest BCUT2D eigenvalue weighted by atomic mass is 35.5. The van der Waals surface area contributed by atoms with Gasteiger partial charge >= 0.3 is 5.97 Å². The van der Waals surface area contributed by atoms with Crippen LogP contribution in [0.25, 0.3) is 11.3 Å². The quantitative estimate of drug-likeness (QED) is 0.786. The van der Waals surface area contributed by atoms with Crippen LogP contribution < -0.4 is 4.74 Å². The minimum absolute atomic E-state index is 0.159. The number of esters is 1. The molecule has 5 heteroatoms. The lowest BCUT2D eigenvalue weighted by atomic mass is 10.2. The van der Waals surface area contributed by atoms with Gasteiger partial charge in [-0.15, -0.1) is 0 Å². The van der Waals surface area contributed by atoms with Crippen molar-refractivity contribution in [2.24, 2.45) is 0 Å². The second kappa shape index (κ2) is 6.29. The fourth-order valence-electron chi connectivity index (χ4n) is 1.55. The molecule has 0 amide bonds. The summed E-state index contributed by atoms with van der Waals surface area (Å²) in [6.45, 7) is 1.91. The lowest BCUT2D eigenvalue weighted by Crippen LogP contribution is -2.14. The number of carbonyl (C=O) groups excluding carboxylic acids is 1. The molecule has 0 unspecified atom stereocenters. The molecule has 4 nitrogen and oxygen atoms in total. The lowest BCUT2D eigenvalue weighted by molar-refractivity contribution is -0.145. The van der Waals surface area contributed by atoms with Crippen molar-refractivity contribution in [3.8, 4) is 17.1 Å². The van der Waals surface area contributed by atoms with E-state index in [0.717, 1.165) is 11.3 Å². The van der Waals surface area contributed by atoms with Crippen molar-refractivity contribution in [2.45, 2.75) is 6.92 Å². The van der Waals surface area contributed by atoms with Crippen molar-refractivity contribution in [1.29, 1.82) is 0 Å². The van der Waals surface area contributed by atoms with E-state index in [4.69, 9.17) is 25.5 Å². The summed E-state index contributed by atoms with van der Waals surface area (Å²) in [5.41, 5.74) is 0.846. The summed E-state index contributed by atoms with van der Waals surface area (Å²) in [4.78, 5) is 11.2. The van der Waals surface area contributed by atoms with Crippen LogP contribution in [0.5, 0.6) is 5.75 Å². The Labute approximate surface area is 115 Å². The third kappa shape index (κ3) is 3.51. The van der Waals surface area contributed by atoms with Crippen molar-refractivity contribution >= 4 is 17.6 Å². The Morgan fingerprint density at radius 1 is 1.37 bits per heavy atom. The summed E-state index contributed by atoms with van der Waals surface area (Å²) >= 11 is 6.09. The number of hydrogen-bond donors (Lipinski definition) is 0. The van der Waals surface area contributed by atoms with Crippen molar-refractivity contribution in [2.75, 3.05) is 13.2 Å². The normalized spacial score (nSPS) is 10.2. The first-order valence-electron chi connectivity index (χ1n) is 5.82. The fraction of sp³-hybridized carbons (Fsp3) is 0.214. The number of benzene rings is 1. The van der Waals surface area contributed by atoms with Crippen LogP contribution in [-0.2, 0) is 9.53 Å². The molecule has 0 saturated carbocycles. The molecule has 0 N–H and O–H groups in total. The zero-order valence-corrected chi connectivity index (χ0v) is 11.1. The van der Waals surface area contributed by atoms with Gasteiger partial charge in [0, 0.05) is 5.56 Å². The van der Waals surface area contributed by atoms with Crippen LogP contribution in [0.2, 0.25) is 5.02 Å². The fourth-order valence-corrected chi connectivity index (χ4v) is 1.79. The van der Waals surface area contributed by atoms with Crippen LogP contribution >= 0.6 is 11.6 Å². The van der Waals surface area contributed by atoms with Crippen LogP contribution in [0.15, 0.2) is 41.0 Å². The van der Waals surface area contributed by atoms with Gasteiger partial charge in [-0.25, -0.2) is 4.79 Å². The highest BCUT2D eigenvalue weighted by Crippen LogP contribution is 2.30. The van der Waals surface area contributed by atoms with E-state index in [9.17, 15) is 4.79 Å². The van der Waals surface area contributed by atoms with Crippen molar-refractivity contribution in [1.82, 2.24) is 0 Å². The maximum absolute atomic E-state index is 11.2. The maximum Gasteiger partial charge on any atom is 0.344 e. The molecule has 2 rings (SSSR count). The van der Waals surface area contributed by atoms with Crippen molar-refractivity contribution < 1.29 is 18.7 Å². The van der Waals surface area contributed by atoms with Gasteiger partial charge in [0.15, 0.2) is 6.61 Å². The van der Waals surface area contributed by atoms with E-state index < -0.39 is 5.97 Å². The molecule has 0 aliphatic rings. The molecule has 0 saturated heterocycles. The first-order chi connectivity index (χ1) is 9.20. The average molecular weight is 281 g/mol. The Hall–Kier alpha value is -1.94. The molecule has 0 spiro atoms. The number of hydrogen-bond acceptors (Lipinski definition) is 4. The molecule has 1 aromatic carbocycles. The Bertz CT molecular complexity index is 549. The summed E-state index contributed by atoms with van der Waals surface area (Å²) in [6, 6.07) is 8.87. The van der Waals surface area contributed by atoms with E-state index in [1.807, 2.05) is 12.1 Å². The van der Waals surface area contributed by atoms with Gasteiger partial charge in [0.25, 0.3) is 0 Å². The molecule has 0 aliphatic heterocycles. The van der Waals surface area contributed by atoms with Gasteiger partial charge in [0.2, 0.25) is 0 Å². The molecule has 1 aromatic heterocycles. The molecular weight excluding hydrogens is 268 g/mol. The number of halogens is 1. The van der Waals surface area contributed by atoms with Crippen molar-refractivity contribution in [3.63, 3.8) is 0 Å². The molecule has 0 aliphatic carbocycles. The highest BCUT2D eigenvalue weighted by molar-refractivity contribution is 6.32. The van der Waals surface area contributed by atoms with E-state index in [-0.39, 0.29) is 6.61 Å². The first-order valence-corrected chi connectivity index (χ1v) is 6.20. The van der Waals surface area contributed by atoms with Crippen LogP contribution in [0.3, 0.4) is 0 Å². The third-order valence-corrected chi connectivity index (χ3v) is 2.68. The summed E-state index contributed by atoms with van der Waals surface area (Å²) < 4.78 is 15.3. The smallest absolute Gasteiger partial charge is 0.344 e. The van der Waals surface area contributed by atoms with Gasteiger partial charge < -0.3 is 13.9 Å². The Morgan fingerprint density at radius 2 is 2.21 bits per heavy atom. The van der Waals surface area contributed by atoms with Gasteiger partial charge in [-0.1, -0.05) is 11.6 Å². The van der Waals surface area contributed by atoms with Crippen molar-refractivity contribution in [3.05, 3.63) is 41.6 Å². The van der Waals surface area contributed by atoms with E-state index in [1.54, 1.807) is 31.4 Å². The molecule has 0 radical (unpaired) electrons. The second-order valence-electron chi connectivity index (χ2n) is 3.72. The van der Waals surface area contributed by atoms with Gasteiger partial charge in [-0.05, 0) is 37.3 Å². The summed E-state index contributed by atoms with van der Waals surface area (Å²) in [7, 11) is 0. The zero-order chi connectivity index (χ0) is 13.7. The number of ether oxygens (including phenoxy) is 2. The molecule has 100 valence electrons. The zero-order valence-electron chi connectivity index (χ0n) is 10.4. The minimum atomic E-state index is -0.423. The summed E-state index contributed by atoms with van der Waals surface area (Å²) in [5, 5.41) is 0.415. The number of carbonyl (C=O) groups is 1. The summed E-state index contributed by atoms with van der Waals surface area (Å²) in [6.07, 6.45) is 1.59. The number of rotatable bonds is 5. The average Bonchev–Trinajstić information content (AvgIpc) is 2.91. The van der Waals surface area contributed by atoms with Gasteiger partial charge in [-0.3, -0.25) is 0 Å². The molecular formula is C14H13ClO4. The van der Waals surface area contributed by atoms with E-state index in [2.05, 4.69) is 0 Å². The largest absolute Gasteiger partial charge is 0.480 e. The highest BCUT2D eigenvalue weighted by Gasteiger charge is 2.09. The monoisotopic (exact) mass is 280 g/mol. The predicted molar refractivity (Wildman–Crippen MR) is 71.3 cm³/mol. The van der Waals surface area contributed by atoms with E-state index in [1.165, 1.54) is 0 Å². The summed E-state index contributed by atoms with van der Waals surface area (Å²) in [5.74, 6) is 0.734. The SMILES string of the molecule is CCOC(=O)COc1ccc(-c2ccco2)cc1Cl. The van der Waals surface area contributed by atoms with Crippen LogP contribution in [0.4, 0.5) is 0 Å². The predicted octanol–water partition coefficient (Wildman–Crippen LogP) is 3.54. The van der Waals surface area contributed by atoms with Gasteiger partial charge in [-0.2, -0.15) is 0 Å². The van der Waals surface area contributed by atoms with E-state index >= 15 is 0 Å². The Balaban J connectivity index is 2.05. The Morgan fingerprint density at radius 3 is 2.84 bits per heavy atom. The molecule has 19 heavy (non-hydrogen) atoms. The minimum Gasteiger partial charge on any atom is -0.480 e. The lowest BCUT2D eigenvalue weighted by Gasteiger charge is -2.08. The maximum atomic E-state index is 11.2. The van der Waals surface area contributed by atoms with E-state index in [0.29, 0.717) is 17.4 Å². The molecule has 0 atom stereocenters. The van der Waals surface area contributed by atoms with Crippen LogP contribution in [-0.4, -0.2) is 19.2 Å². The van der Waals surface area contributed by atoms with Crippen LogP contribution in [0.1, 0.15) is 6.92 Å². The second-order valence-corrected chi connectivity index (χ2v) is 4.12. The topological polar surface area (TPSA) is 48.7 Å². The molecule has 2 aromatic rings. The van der Waals surface area contributed by atoms with Gasteiger partial charge in [0.05, 0.1) is 17.9 Å². The molecule has 1 heterocycles. The first kappa shape index (κ1) is 13.5. The van der Waals surface area contributed by atoms with Crippen LogP contribution in [0, 0.1) is 0 Å². The Kier molecular flexibility index (Phi) is 4.47.